The number of hydrogen-bond donors (Lipinski definition) is 1. The molecule has 0 aromatic carbocycles. The van der Waals surface area contributed by atoms with Crippen LogP contribution in [0.5, 0.6) is 0 Å². The van der Waals surface area contributed by atoms with E-state index in [9.17, 15) is 4.79 Å². The molecular formula is C7H14O3. The minimum atomic E-state index is -0.588. The molecule has 0 aliphatic rings. The van der Waals surface area contributed by atoms with Gasteiger partial charge in [0, 0.05) is 6.42 Å². The minimum absolute atomic E-state index is 0.270. The average molecular weight is 146 g/mol. The quantitative estimate of drug-likeness (QED) is 0.596. The van der Waals surface area contributed by atoms with Crippen molar-refractivity contribution in [3.63, 3.8) is 0 Å². The van der Waals surface area contributed by atoms with Crippen molar-refractivity contribution in [1.29, 1.82) is 0 Å². The molecule has 0 spiro atoms. The van der Waals surface area contributed by atoms with E-state index in [0.717, 1.165) is 0 Å². The average Bonchev–Trinajstić information content (AvgIpc) is 1.87. The first kappa shape index (κ1) is 9.43. The summed E-state index contributed by atoms with van der Waals surface area (Å²) in [5.41, 5.74) is 0. The molecule has 0 rings (SSSR count). The molecule has 0 amide bonds. The van der Waals surface area contributed by atoms with Gasteiger partial charge in [-0.05, 0) is 13.8 Å². The number of hydrogen-bond acceptors (Lipinski definition) is 3. The van der Waals surface area contributed by atoms with E-state index in [1.165, 1.54) is 0 Å². The van der Waals surface area contributed by atoms with E-state index >= 15 is 0 Å². The third-order valence-corrected chi connectivity index (χ3v) is 1.29. The fourth-order valence-corrected chi connectivity index (χ4v) is 0.389. The van der Waals surface area contributed by atoms with Crippen LogP contribution in [-0.2, 0) is 9.53 Å². The molecule has 2 unspecified atom stereocenters. The zero-order valence-electron chi connectivity index (χ0n) is 6.63. The van der Waals surface area contributed by atoms with Crippen LogP contribution in [0.3, 0.4) is 0 Å². The number of esters is 1. The predicted octanol–water partition coefficient (Wildman–Crippen LogP) is 0.709. The zero-order valence-corrected chi connectivity index (χ0v) is 6.63. The van der Waals surface area contributed by atoms with Gasteiger partial charge in [0.15, 0.2) is 0 Å². The summed E-state index contributed by atoms with van der Waals surface area (Å²) in [7, 11) is 0. The van der Waals surface area contributed by atoms with Crippen molar-refractivity contribution in [3.05, 3.63) is 0 Å². The number of carbonyl (C=O) groups excluding carboxylic acids is 1. The van der Waals surface area contributed by atoms with Gasteiger partial charge in [-0.15, -0.1) is 0 Å². The van der Waals surface area contributed by atoms with E-state index in [4.69, 9.17) is 9.84 Å². The first-order valence-corrected chi connectivity index (χ1v) is 3.45. The standard InChI is InChI=1S/C7H14O3/c1-4-7(9)10-6(3)5(2)8/h5-6,8H,4H2,1-3H3. The zero-order chi connectivity index (χ0) is 8.15. The highest BCUT2D eigenvalue weighted by molar-refractivity contribution is 5.69. The van der Waals surface area contributed by atoms with Crippen LogP contribution < -0.4 is 0 Å². The fraction of sp³-hybridized carbons (Fsp3) is 0.857. The first-order valence-electron chi connectivity index (χ1n) is 3.45. The fourth-order valence-electron chi connectivity index (χ4n) is 0.389. The molecule has 1 N–H and O–H groups in total. The molecule has 0 bridgehead atoms. The predicted molar refractivity (Wildman–Crippen MR) is 37.5 cm³/mol. The smallest absolute Gasteiger partial charge is 0.305 e. The lowest BCUT2D eigenvalue weighted by atomic mass is 10.2. The maximum Gasteiger partial charge on any atom is 0.305 e. The van der Waals surface area contributed by atoms with Crippen molar-refractivity contribution in [2.24, 2.45) is 0 Å². The SMILES string of the molecule is CCC(=O)OC(C)C(C)O. The Morgan fingerprint density at radius 2 is 2.10 bits per heavy atom. The van der Waals surface area contributed by atoms with Crippen LogP contribution >= 0.6 is 0 Å². The minimum Gasteiger partial charge on any atom is -0.460 e. The molecule has 0 fully saturated rings. The van der Waals surface area contributed by atoms with E-state index in [0.29, 0.717) is 6.42 Å². The van der Waals surface area contributed by atoms with Crippen LogP contribution in [0.1, 0.15) is 27.2 Å². The van der Waals surface area contributed by atoms with Crippen LogP contribution in [0.15, 0.2) is 0 Å². The Bertz CT molecular complexity index is 109. The lowest BCUT2D eigenvalue weighted by molar-refractivity contribution is -0.152. The normalized spacial score (nSPS) is 16.0. The number of aliphatic hydroxyl groups excluding tert-OH is 1. The Hall–Kier alpha value is -0.570. The summed E-state index contributed by atoms with van der Waals surface area (Å²) in [6.45, 7) is 4.98. The Labute approximate surface area is 61.0 Å². The number of rotatable bonds is 3. The molecule has 2 atom stereocenters. The molecule has 0 aliphatic carbocycles. The molecule has 0 aromatic heterocycles. The largest absolute Gasteiger partial charge is 0.460 e. The second kappa shape index (κ2) is 4.28. The van der Waals surface area contributed by atoms with E-state index in [1.807, 2.05) is 0 Å². The summed E-state index contributed by atoms with van der Waals surface area (Å²) < 4.78 is 4.77. The van der Waals surface area contributed by atoms with Crippen molar-refractivity contribution >= 4 is 5.97 Å². The number of aliphatic hydroxyl groups is 1. The highest BCUT2D eigenvalue weighted by Crippen LogP contribution is 1.98. The van der Waals surface area contributed by atoms with E-state index in [2.05, 4.69) is 0 Å². The molecule has 3 heteroatoms. The van der Waals surface area contributed by atoms with Crippen LogP contribution in [-0.4, -0.2) is 23.3 Å². The van der Waals surface area contributed by atoms with Crippen LogP contribution in [0, 0.1) is 0 Å². The second-order valence-corrected chi connectivity index (χ2v) is 2.29. The Morgan fingerprint density at radius 3 is 2.40 bits per heavy atom. The van der Waals surface area contributed by atoms with Gasteiger partial charge in [0.1, 0.15) is 6.10 Å². The van der Waals surface area contributed by atoms with Gasteiger partial charge in [0.25, 0.3) is 0 Å². The summed E-state index contributed by atoms with van der Waals surface area (Å²) >= 11 is 0. The molecule has 60 valence electrons. The molecule has 0 aliphatic heterocycles. The molecule has 0 saturated heterocycles. The maximum absolute atomic E-state index is 10.6. The van der Waals surface area contributed by atoms with Crippen molar-refractivity contribution in [3.8, 4) is 0 Å². The molecule has 0 aromatic rings. The first-order chi connectivity index (χ1) is 4.57. The summed E-state index contributed by atoms with van der Waals surface area (Å²) in [6.07, 6.45) is -0.625. The highest BCUT2D eigenvalue weighted by Gasteiger charge is 2.11. The Kier molecular flexibility index (Phi) is 4.03. The summed E-state index contributed by atoms with van der Waals surface area (Å²) in [6, 6.07) is 0. The number of ether oxygens (including phenoxy) is 1. The Balaban J connectivity index is 3.57. The van der Waals surface area contributed by atoms with E-state index < -0.39 is 12.2 Å². The molecule has 0 radical (unpaired) electrons. The Morgan fingerprint density at radius 1 is 1.60 bits per heavy atom. The van der Waals surface area contributed by atoms with Crippen molar-refractivity contribution in [2.45, 2.75) is 39.4 Å². The van der Waals surface area contributed by atoms with Gasteiger partial charge in [-0.25, -0.2) is 0 Å². The van der Waals surface area contributed by atoms with E-state index in [-0.39, 0.29) is 5.97 Å². The van der Waals surface area contributed by atoms with Gasteiger partial charge in [-0.1, -0.05) is 6.92 Å². The van der Waals surface area contributed by atoms with Crippen molar-refractivity contribution in [1.82, 2.24) is 0 Å². The van der Waals surface area contributed by atoms with Crippen LogP contribution in [0.2, 0.25) is 0 Å². The maximum atomic E-state index is 10.6. The van der Waals surface area contributed by atoms with Gasteiger partial charge < -0.3 is 9.84 Å². The van der Waals surface area contributed by atoms with Crippen molar-refractivity contribution in [2.75, 3.05) is 0 Å². The van der Waals surface area contributed by atoms with Gasteiger partial charge in [0.05, 0.1) is 6.10 Å². The van der Waals surface area contributed by atoms with Crippen molar-refractivity contribution < 1.29 is 14.6 Å². The summed E-state index contributed by atoms with van der Waals surface area (Å²) in [4.78, 5) is 10.6. The van der Waals surface area contributed by atoms with Gasteiger partial charge >= 0.3 is 5.97 Å². The van der Waals surface area contributed by atoms with Crippen LogP contribution in [0.4, 0.5) is 0 Å². The topological polar surface area (TPSA) is 46.5 Å². The van der Waals surface area contributed by atoms with E-state index in [1.54, 1.807) is 20.8 Å². The molecule has 0 heterocycles. The monoisotopic (exact) mass is 146 g/mol. The molecule has 0 saturated carbocycles. The third-order valence-electron chi connectivity index (χ3n) is 1.29. The molecular weight excluding hydrogens is 132 g/mol. The lowest BCUT2D eigenvalue weighted by Gasteiger charge is -2.14. The lowest BCUT2D eigenvalue weighted by Crippen LogP contribution is -2.25. The van der Waals surface area contributed by atoms with Crippen LogP contribution in [0.25, 0.3) is 0 Å². The summed E-state index contributed by atoms with van der Waals surface area (Å²) in [5.74, 6) is -0.270. The molecule has 10 heavy (non-hydrogen) atoms. The highest BCUT2D eigenvalue weighted by atomic mass is 16.6. The second-order valence-electron chi connectivity index (χ2n) is 2.29. The third kappa shape index (κ3) is 3.45. The number of carbonyl (C=O) groups is 1. The van der Waals surface area contributed by atoms with Gasteiger partial charge in [-0.2, -0.15) is 0 Å². The van der Waals surface area contributed by atoms with Gasteiger partial charge in [0.2, 0.25) is 0 Å². The van der Waals surface area contributed by atoms with Gasteiger partial charge in [-0.3, -0.25) is 4.79 Å². The summed E-state index contributed by atoms with van der Waals surface area (Å²) in [5, 5.41) is 8.89. The molecule has 3 nitrogen and oxygen atoms in total.